The number of aromatic nitrogens is 3. The van der Waals surface area contributed by atoms with E-state index in [4.69, 9.17) is 10.00 Å². The smallest absolute Gasteiger partial charge is 0.228 e. The number of aliphatic hydroxyl groups is 1. The lowest BCUT2D eigenvalue weighted by molar-refractivity contribution is -0.152. The number of benzene rings is 1. The summed E-state index contributed by atoms with van der Waals surface area (Å²) in [6.45, 7) is 5.56. The van der Waals surface area contributed by atoms with Gasteiger partial charge in [-0.05, 0) is 35.4 Å². The van der Waals surface area contributed by atoms with Gasteiger partial charge in [0, 0.05) is 56.2 Å². The fourth-order valence-corrected chi connectivity index (χ4v) is 6.06. The average Bonchev–Trinajstić information content (AvgIpc) is 3.41. The molecule has 0 aliphatic carbocycles. The topological polar surface area (TPSA) is 115 Å². The molecule has 202 valence electrons. The number of nitrogens with zero attached hydrogens (tertiary/aromatic N) is 6. The maximum atomic E-state index is 14.1. The maximum Gasteiger partial charge on any atom is 0.228 e. The highest BCUT2D eigenvalue weighted by molar-refractivity contribution is 5.82. The molecule has 0 spiro atoms. The number of carbonyl (C=O) groups is 1. The largest absolute Gasteiger partial charge is 0.481 e. The van der Waals surface area contributed by atoms with Gasteiger partial charge in [0.25, 0.3) is 0 Å². The molecule has 0 bridgehead atoms. The molecule has 4 atom stereocenters. The summed E-state index contributed by atoms with van der Waals surface area (Å²) in [5.74, 6) is -0.329. The van der Waals surface area contributed by atoms with Crippen LogP contribution in [0.2, 0.25) is 0 Å². The highest BCUT2D eigenvalue weighted by Gasteiger charge is 2.49. The van der Waals surface area contributed by atoms with E-state index >= 15 is 0 Å². The van der Waals surface area contributed by atoms with Crippen molar-refractivity contribution in [1.82, 2.24) is 20.1 Å². The first-order valence-corrected chi connectivity index (χ1v) is 13.0. The lowest BCUT2D eigenvalue weighted by Crippen LogP contribution is -2.57. The molecule has 10 heteroatoms. The summed E-state index contributed by atoms with van der Waals surface area (Å²) in [4.78, 5) is 22.3. The summed E-state index contributed by atoms with van der Waals surface area (Å²) in [5, 5.41) is 29.0. The van der Waals surface area contributed by atoms with Crippen molar-refractivity contribution in [2.24, 2.45) is 17.8 Å². The number of hydrogen-bond acceptors (Lipinski definition) is 8. The van der Waals surface area contributed by atoms with E-state index in [-0.39, 0.29) is 41.1 Å². The van der Waals surface area contributed by atoms with Gasteiger partial charge in [0.05, 0.1) is 18.6 Å². The van der Waals surface area contributed by atoms with E-state index in [2.05, 4.69) is 15.2 Å². The van der Waals surface area contributed by atoms with Crippen LogP contribution in [0.15, 0.2) is 54.7 Å². The number of carbonyl (C=O) groups excluding carboxylic acids is 1. The molecule has 1 aromatic carbocycles. The van der Waals surface area contributed by atoms with Gasteiger partial charge in [-0.25, -0.2) is 9.37 Å². The van der Waals surface area contributed by atoms with E-state index < -0.39 is 5.60 Å². The molecule has 1 amide bonds. The molecule has 4 heterocycles. The highest BCUT2D eigenvalue weighted by atomic mass is 19.1. The normalized spacial score (nSPS) is 26.8. The Morgan fingerprint density at radius 2 is 1.77 bits per heavy atom. The first-order chi connectivity index (χ1) is 18.7. The maximum absolute atomic E-state index is 14.1. The summed E-state index contributed by atoms with van der Waals surface area (Å²) in [5.41, 5.74) is 0.624. The first-order valence-electron chi connectivity index (χ1n) is 13.0. The molecule has 0 saturated carbocycles. The number of nitriles is 1. The van der Waals surface area contributed by atoms with E-state index in [0.717, 1.165) is 5.56 Å². The Morgan fingerprint density at radius 3 is 2.33 bits per heavy atom. The number of methoxy groups -OCH3 is 1. The molecule has 2 unspecified atom stereocenters. The minimum absolute atomic E-state index is 0.000205. The van der Waals surface area contributed by atoms with Crippen LogP contribution in [-0.2, 0) is 10.4 Å². The molecule has 2 fully saturated rings. The third-order valence-electron chi connectivity index (χ3n) is 8.23. The molecule has 39 heavy (non-hydrogen) atoms. The standard InChI is InChI=1S/C29H31FN6O3/c1-18-14-36(15-19(2)29(18,38)21-5-7-22(30)8-6-21)28(37)25-17-35(26-10-9-23(12-31)33-34-26)16-24(25)20-4-11-27(39-3)32-13-20/h4-11,13,18-19,24-25,38H,14-17H2,1-3H3/t18?,19?,24-,25+,29?/m0/s1. The number of ether oxygens (including phenoxy) is 1. The predicted molar refractivity (Wildman–Crippen MR) is 141 cm³/mol. The van der Waals surface area contributed by atoms with Gasteiger partial charge in [-0.15, -0.1) is 10.2 Å². The fraction of sp³-hybridized carbons (Fsp3) is 0.414. The number of pyridine rings is 1. The van der Waals surface area contributed by atoms with Crippen LogP contribution in [0.25, 0.3) is 0 Å². The number of likely N-dealkylation sites (tertiary alicyclic amines) is 1. The summed E-state index contributed by atoms with van der Waals surface area (Å²) in [6.07, 6.45) is 1.74. The SMILES string of the molecule is COc1ccc([C@@H]2CN(c3ccc(C#N)nn3)C[C@H]2C(=O)N2CC(C)C(O)(c3ccc(F)cc3)C(C)C2)cn1. The zero-order valence-corrected chi connectivity index (χ0v) is 22.2. The first kappa shape index (κ1) is 26.5. The summed E-state index contributed by atoms with van der Waals surface area (Å²) >= 11 is 0. The lowest BCUT2D eigenvalue weighted by atomic mass is 9.70. The number of hydrogen-bond donors (Lipinski definition) is 1. The lowest BCUT2D eigenvalue weighted by Gasteiger charge is -2.48. The number of anilines is 1. The Balaban J connectivity index is 1.41. The summed E-state index contributed by atoms with van der Waals surface area (Å²) in [6, 6.07) is 15.0. The van der Waals surface area contributed by atoms with Crippen molar-refractivity contribution in [3.8, 4) is 11.9 Å². The average molecular weight is 531 g/mol. The van der Waals surface area contributed by atoms with E-state index in [1.807, 2.05) is 35.8 Å². The number of piperidine rings is 1. The molecule has 2 saturated heterocycles. The molecule has 3 aromatic rings. The van der Waals surface area contributed by atoms with Crippen molar-refractivity contribution in [3.05, 3.63) is 77.4 Å². The van der Waals surface area contributed by atoms with Crippen LogP contribution in [0, 0.1) is 34.9 Å². The van der Waals surface area contributed by atoms with Crippen molar-refractivity contribution < 1.29 is 19.0 Å². The second-order valence-electron chi connectivity index (χ2n) is 10.5. The molecule has 9 nitrogen and oxygen atoms in total. The Kier molecular flexibility index (Phi) is 7.19. The van der Waals surface area contributed by atoms with E-state index in [0.29, 0.717) is 43.4 Å². The third kappa shape index (κ3) is 4.90. The van der Waals surface area contributed by atoms with Gasteiger partial charge in [0.1, 0.15) is 11.9 Å². The van der Waals surface area contributed by atoms with Gasteiger partial charge in [0.2, 0.25) is 11.8 Å². The van der Waals surface area contributed by atoms with Crippen molar-refractivity contribution in [3.63, 3.8) is 0 Å². The molecular weight excluding hydrogens is 499 g/mol. The van der Waals surface area contributed by atoms with Crippen LogP contribution < -0.4 is 9.64 Å². The molecule has 2 aromatic heterocycles. The zero-order chi connectivity index (χ0) is 27.7. The van der Waals surface area contributed by atoms with E-state index in [1.54, 1.807) is 43.6 Å². The molecule has 2 aliphatic rings. The Labute approximate surface area is 226 Å². The Hall–Kier alpha value is -4.10. The van der Waals surface area contributed by atoms with Gasteiger partial charge < -0.3 is 19.6 Å². The Morgan fingerprint density at radius 1 is 1.05 bits per heavy atom. The number of rotatable bonds is 5. The number of amides is 1. The van der Waals surface area contributed by atoms with Crippen LogP contribution in [0.1, 0.15) is 36.6 Å². The second-order valence-corrected chi connectivity index (χ2v) is 10.5. The third-order valence-corrected chi connectivity index (χ3v) is 8.23. The summed E-state index contributed by atoms with van der Waals surface area (Å²) in [7, 11) is 1.56. The van der Waals surface area contributed by atoms with Crippen molar-refractivity contribution in [2.45, 2.75) is 25.4 Å². The zero-order valence-electron chi connectivity index (χ0n) is 22.2. The van der Waals surface area contributed by atoms with Gasteiger partial charge in [-0.2, -0.15) is 5.26 Å². The fourth-order valence-electron chi connectivity index (χ4n) is 6.06. The predicted octanol–water partition coefficient (Wildman–Crippen LogP) is 3.11. The van der Waals surface area contributed by atoms with Gasteiger partial charge in [-0.1, -0.05) is 32.0 Å². The van der Waals surface area contributed by atoms with Crippen molar-refractivity contribution in [2.75, 3.05) is 38.2 Å². The molecule has 1 N–H and O–H groups in total. The quantitative estimate of drug-likeness (QED) is 0.535. The second kappa shape index (κ2) is 10.6. The highest BCUT2D eigenvalue weighted by Crippen LogP contribution is 2.43. The molecular formula is C29H31FN6O3. The monoisotopic (exact) mass is 530 g/mol. The van der Waals surface area contributed by atoms with Crippen LogP contribution in [0.3, 0.4) is 0 Å². The summed E-state index contributed by atoms with van der Waals surface area (Å²) < 4.78 is 18.8. The van der Waals surface area contributed by atoms with Crippen LogP contribution >= 0.6 is 0 Å². The minimum atomic E-state index is -1.18. The van der Waals surface area contributed by atoms with Crippen molar-refractivity contribution in [1.29, 1.82) is 5.26 Å². The molecule has 0 radical (unpaired) electrons. The number of halogens is 1. The Bertz CT molecular complexity index is 1350. The minimum Gasteiger partial charge on any atom is -0.481 e. The molecule has 5 rings (SSSR count). The van der Waals surface area contributed by atoms with Crippen LogP contribution in [-0.4, -0.2) is 64.4 Å². The van der Waals surface area contributed by atoms with Gasteiger partial charge in [0.15, 0.2) is 11.5 Å². The van der Waals surface area contributed by atoms with Crippen LogP contribution in [0.5, 0.6) is 5.88 Å². The van der Waals surface area contributed by atoms with Crippen molar-refractivity contribution >= 4 is 11.7 Å². The van der Waals surface area contributed by atoms with Gasteiger partial charge >= 0.3 is 0 Å². The van der Waals surface area contributed by atoms with E-state index in [9.17, 15) is 14.3 Å². The molecule has 2 aliphatic heterocycles. The van der Waals surface area contributed by atoms with Gasteiger partial charge in [-0.3, -0.25) is 4.79 Å². The van der Waals surface area contributed by atoms with Crippen LogP contribution in [0.4, 0.5) is 10.2 Å². The van der Waals surface area contributed by atoms with E-state index in [1.165, 1.54) is 12.1 Å².